The molecule has 140 valence electrons. The van der Waals surface area contributed by atoms with Crippen LogP contribution in [0.3, 0.4) is 0 Å². The van der Waals surface area contributed by atoms with Crippen LogP contribution in [0.2, 0.25) is 0 Å². The van der Waals surface area contributed by atoms with Gasteiger partial charge >= 0.3 is 6.03 Å². The highest BCUT2D eigenvalue weighted by Gasteiger charge is 2.21. The molecule has 0 atom stereocenters. The fourth-order valence-corrected chi connectivity index (χ4v) is 2.85. The van der Waals surface area contributed by atoms with Gasteiger partial charge in [-0.05, 0) is 24.3 Å². The van der Waals surface area contributed by atoms with E-state index in [4.69, 9.17) is 9.15 Å². The second-order valence-corrected chi connectivity index (χ2v) is 6.07. The highest BCUT2D eigenvalue weighted by molar-refractivity contribution is 5.94. The number of urea groups is 1. The van der Waals surface area contributed by atoms with Crippen molar-refractivity contribution in [2.24, 2.45) is 0 Å². The standard InChI is InChI=1S/C18H20N6O3/c1-26-9-8-23-12-14(10-21-23)22-17-20-11-16(27-17)13-2-4-15(5-3-13)24-7-6-19-18(24)25/h2-5,10-12H,6-9H2,1H3,(H,19,25)(H,20,22). The summed E-state index contributed by atoms with van der Waals surface area (Å²) in [7, 11) is 1.66. The Labute approximate surface area is 155 Å². The van der Waals surface area contributed by atoms with Gasteiger partial charge in [0.15, 0.2) is 5.76 Å². The van der Waals surface area contributed by atoms with Crippen LogP contribution < -0.4 is 15.5 Å². The van der Waals surface area contributed by atoms with Gasteiger partial charge in [0, 0.05) is 37.6 Å². The van der Waals surface area contributed by atoms with Crippen molar-refractivity contribution in [3.8, 4) is 11.3 Å². The summed E-state index contributed by atoms with van der Waals surface area (Å²) in [5.74, 6) is 0.640. The first kappa shape index (κ1) is 17.1. The van der Waals surface area contributed by atoms with Crippen LogP contribution in [-0.2, 0) is 11.3 Å². The number of aromatic nitrogens is 3. The molecule has 27 heavy (non-hydrogen) atoms. The van der Waals surface area contributed by atoms with Gasteiger partial charge in [0.2, 0.25) is 0 Å². The van der Waals surface area contributed by atoms with Crippen molar-refractivity contribution in [1.82, 2.24) is 20.1 Å². The molecule has 3 aromatic rings. The SMILES string of the molecule is COCCn1cc(Nc2ncc(-c3ccc(N4CCNC4=O)cc3)o2)cn1. The minimum atomic E-state index is -0.0695. The van der Waals surface area contributed by atoms with Crippen LogP contribution in [0.4, 0.5) is 22.2 Å². The lowest BCUT2D eigenvalue weighted by Gasteiger charge is -2.14. The lowest BCUT2D eigenvalue weighted by atomic mass is 10.1. The van der Waals surface area contributed by atoms with E-state index in [0.717, 1.165) is 16.9 Å². The van der Waals surface area contributed by atoms with E-state index in [1.54, 1.807) is 29.1 Å². The van der Waals surface area contributed by atoms with Gasteiger partial charge in [0.1, 0.15) is 0 Å². The maximum absolute atomic E-state index is 11.7. The molecule has 0 spiro atoms. The number of hydrogen-bond donors (Lipinski definition) is 2. The van der Waals surface area contributed by atoms with Gasteiger partial charge < -0.3 is 19.8 Å². The molecular formula is C18H20N6O3. The molecule has 3 heterocycles. The van der Waals surface area contributed by atoms with E-state index in [1.165, 1.54) is 0 Å². The zero-order chi connectivity index (χ0) is 18.6. The summed E-state index contributed by atoms with van der Waals surface area (Å²) in [5.41, 5.74) is 2.53. The first-order valence-electron chi connectivity index (χ1n) is 8.63. The number of carbonyl (C=O) groups excluding carboxylic acids is 1. The van der Waals surface area contributed by atoms with Crippen LogP contribution >= 0.6 is 0 Å². The first-order valence-corrected chi connectivity index (χ1v) is 8.63. The van der Waals surface area contributed by atoms with Gasteiger partial charge in [-0.25, -0.2) is 9.78 Å². The summed E-state index contributed by atoms with van der Waals surface area (Å²) in [6.07, 6.45) is 5.23. The van der Waals surface area contributed by atoms with E-state index < -0.39 is 0 Å². The Balaban J connectivity index is 1.43. The van der Waals surface area contributed by atoms with Gasteiger partial charge in [-0.15, -0.1) is 0 Å². The summed E-state index contributed by atoms with van der Waals surface area (Å²) in [5, 5.41) is 10.1. The van der Waals surface area contributed by atoms with E-state index in [9.17, 15) is 4.79 Å². The van der Waals surface area contributed by atoms with Gasteiger partial charge in [0.25, 0.3) is 6.01 Å². The number of rotatable bonds is 7. The second-order valence-electron chi connectivity index (χ2n) is 6.07. The zero-order valence-electron chi connectivity index (χ0n) is 14.9. The number of benzene rings is 1. The second kappa shape index (κ2) is 7.50. The molecule has 2 aromatic heterocycles. The monoisotopic (exact) mass is 368 g/mol. The lowest BCUT2D eigenvalue weighted by molar-refractivity contribution is 0.183. The molecule has 1 fully saturated rings. The number of ether oxygens (including phenoxy) is 1. The number of oxazole rings is 1. The Morgan fingerprint density at radius 3 is 2.89 bits per heavy atom. The van der Waals surface area contributed by atoms with Gasteiger partial charge in [-0.3, -0.25) is 9.58 Å². The quantitative estimate of drug-likeness (QED) is 0.665. The number of carbonyl (C=O) groups is 1. The fourth-order valence-electron chi connectivity index (χ4n) is 2.85. The normalized spacial score (nSPS) is 13.8. The van der Waals surface area contributed by atoms with Crippen molar-refractivity contribution < 1.29 is 13.9 Å². The number of nitrogens with zero attached hydrogens (tertiary/aromatic N) is 4. The van der Waals surface area contributed by atoms with Crippen molar-refractivity contribution in [1.29, 1.82) is 0 Å². The van der Waals surface area contributed by atoms with Crippen LogP contribution in [0.25, 0.3) is 11.3 Å². The van der Waals surface area contributed by atoms with E-state index in [-0.39, 0.29) is 6.03 Å². The van der Waals surface area contributed by atoms with E-state index in [1.807, 2.05) is 30.5 Å². The third-order valence-electron chi connectivity index (χ3n) is 4.23. The lowest BCUT2D eigenvalue weighted by Crippen LogP contribution is -2.27. The van der Waals surface area contributed by atoms with Gasteiger partial charge in [-0.1, -0.05) is 0 Å². The highest BCUT2D eigenvalue weighted by atomic mass is 16.5. The topological polar surface area (TPSA) is 97.5 Å². The number of hydrogen-bond acceptors (Lipinski definition) is 6. The minimum absolute atomic E-state index is 0.0695. The predicted molar refractivity (Wildman–Crippen MR) is 100 cm³/mol. The number of nitrogens with one attached hydrogen (secondary N) is 2. The Hall–Kier alpha value is -3.33. The summed E-state index contributed by atoms with van der Waals surface area (Å²) in [4.78, 5) is 17.7. The van der Waals surface area contributed by atoms with Crippen molar-refractivity contribution >= 4 is 23.4 Å². The minimum Gasteiger partial charge on any atom is -0.423 e. The summed E-state index contributed by atoms with van der Waals surface area (Å²) in [6.45, 7) is 2.61. The average Bonchev–Trinajstić information content (AvgIpc) is 3.42. The maximum Gasteiger partial charge on any atom is 0.321 e. The van der Waals surface area contributed by atoms with E-state index >= 15 is 0 Å². The molecule has 9 nitrogen and oxygen atoms in total. The van der Waals surface area contributed by atoms with Crippen molar-refractivity contribution in [2.45, 2.75) is 6.54 Å². The third kappa shape index (κ3) is 3.77. The fraction of sp³-hybridized carbons (Fsp3) is 0.278. The van der Waals surface area contributed by atoms with Crippen LogP contribution in [-0.4, -0.2) is 47.6 Å². The summed E-state index contributed by atoms with van der Waals surface area (Å²) in [6, 6.07) is 7.94. The third-order valence-corrected chi connectivity index (χ3v) is 4.23. The van der Waals surface area contributed by atoms with Crippen molar-refractivity contribution in [2.75, 3.05) is 37.0 Å². The molecule has 1 aliphatic heterocycles. The molecule has 9 heteroatoms. The van der Waals surface area contributed by atoms with E-state index in [2.05, 4.69) is 20.7 Å². The molecule has 1 aliphatic rings. The van der Waals surface area contributed by atoms with Crippen LogP contribution in [0, 0.1) is 0 Å². The molecule has 2 amide bonds. The Kier molecular flexibility index (Phi) is 4.75. The van der Waals surface area contributed by atoms with E-state index in [0.29, 0.717) is 38.0 Å². The smallest absolute Gasteiger partial charge is 0.321 e. The van der Waals surface area contributed by atoms with Gasteiger partial charge in [0.05, 0.1) is 31.2 Å². The van der Waals surface area contributed by atoms with Crippen molar-refractivity contribution in [3.63, 3.8) is 0 Å². The number of anilines is 3. The maximum atomic E-state index is 11.7. The largest absolute Gasteiger partial charge is 0.423 e. The Bertz CT molecular complexity index is 917. The zero-order valence-corrected chi connectivity index (χ0v) is 14.9. The molecule has 0 saturated carbocycles. The summed E-state index contributed by atoms with van der Waals surface area (Å²) < 4.78 is 12.6. The molecule has 2 N–H and O–H groups in total. The van der Waals surface area contributed by atoms with Crippen LogP contribution in [0.15, 0.2) is 47.3 Å². The Morgan fingerprint density at radius 1 is 1.30 bits per heavy atom. The first-order chi connectivity index (χ1) is 13.2. The molecular weight excluding hydrogens is 348 g/mol. The van der Waals surface area contributed by atoms with Crippen LogP contribution in [0.5, 0.6) is 0 Å². The average molecular weight is 368 g/mol. The summed E-state index contributed by atoms with van der Waals surface area (Å²) >= 11 is 0. The number of amides is 2. The predicted octanol–water partition coefficient (Wildman–Crippen LogP) is 2.46. The molecule has 1 aromatic carbocycles. The van der Waals surface area contributed by atoms with Gasteiger partial charge in [-0.2, -0.15) is 5.10 Å². The molecule has 0 bridgehead atoms. The molecule has 0 radical (unpaired) electrons. The highest BCUT2D eigenvalue weighted by Crippen LogP contribution is 2.27. The number of methoxy groups -OCH3 is 1. The molecule has 0 unspecified atom stereocenters. The molecule has 4 rings (SSSR count). The molecule has 1 saturated heterocycles. The Morgan fingerprint density at radius 2 is 2.15 bits per heavy atom. The van der Waals surface area contributed by atoms with Crippen LogP contribution in [0.1, 0.15) is 0 Å². The molecule has 0 aliphatic carbocycles. The van der Waals surface area contributed by atoms with Crippen molar-refractivity contribution in [3.05, 3.63) is 42.9 Å².